The van der Waals surface area contributed by atoms with Crippen LogP contribution in [0.15, 0.2) is 73.1 Å². The third-order valence-electron chi connectivity index (χ3n) is 3.62. The fourth-order valence-corrected chi connectivity index (χ4v) is 2.37. The Morgan fingerprint density at radius 3 is 2.79 bits per heavy atom. The summed E-state index contributed by atoms with van der Waals surface area (Å²) in [6.07, 6.45) is 7.00. The second-order valence-corrected chi connectivity index (χ2v) is 5.39. The second kappa shape index (κ2) is 7.42. The molecule has 1 heterocycles. The van der Waals surface area contributed by atoms with Crippen LogP contribution in [0, 0.1) is 0 Å². The molecule has 3 aromatic rings. The van der Waals surface area contributed by atoms with Crippen LogP contribution < -0.4 is 4.74 Å². The van der Waals surface area contributed by atoms with Crippen LogP contribution in [-0.2, 0) is 6.54 Å². The number of rotatable bonds is 6. The first-order chi connectivity index (χ1) is 11.7. The van der Waals surface area contributed by atoms with Gasteiger partial charge in [0.15, 0.2) is 5.78 Å². The highest BCUT2D eigenvalue weighted by Crippen LogP contribution is 2.14. The summed E-state index contributed by atoms with van der Waals surface area (Å²) in [5.74, 6) is 0.606. The topological polar surface area (TPSA) is 44.1 Å². The maximum atomic E-state index is 12.2. The van der Waals surface area contributed by atoms with Crippen LogP contribution in [0.3, 0.4) is 0 Å². The van der Waals surface area contributed by atoms with Crippen molar-refractivity contribution in [3.05, 3.63) is 89.8 Å². The molecule has 0 saturated carbocycles. The molecule has 4 nitrogen and oxygen atoms in total. The number of hydrogen-bond donors (Lipinski definition) is 0. The number of ether oxygens (including phenoxy) is 1. The van der Waals surface area contributed by atoms with Crippen molar-refractivity contribution < 1.29 is 9.53 Å². The summed E-state index contributed by atoms with van der Waals surface area (Å²) in [6, 6.07) is 17.2. The quantitative estimate of drug-likeness (QED) is 0.512. The molecule has 0 bridgehead atoms. The van der Waals surface area contributed by atoms with Gasteiger partial charge in [0, 0.05) is 17.3 Å². The van der Waals surface area contributed by atoms with Gasteiger partial charge in [0.1, 0.15) is 5.75 Å². The molecular weight excluding hydrogens is 300 g/mol. The van der Waals surface area contributed by atoms with Crippen molar-refractivity contribution in [3.63, 3.8) is 0 Å². The smallest absolute Gasteiger partial charge is 0.185 e. The minimum atomic E-state index is -0.0651. The SMILES string of the molecule is COc1cccc(C(=O)C=Cc2cnn(Cc3ccccc3)c2)c1. The number of benzene rings is 2. The molecule has 0 unspecified atom stereocenters. The minimum absolute atomic E-state index is 0.0651. The first-order valence-corrected chi connectivity index (χ1v) is 7.67. The molecular formula is C20H18N2O2. The van der Waals surface area contributed by atoms with Crippen LogP contribution >= 0.6 is 0 Å². The molecule has 0 aliphatic heterocycles. The molecule has 1 aromatic heterocycles. The van der Waals surface area contributed by atoms with Crippen LogP contribution in [0.2, 0.25) is 0 Å². The molecule has 120 valence electrons. The van der Waals surface area contributed by atoms with Crippen LogP contribution in [0.4, 0.5) is 0 Å². The Labute approximate surface area is 141 Å². The Kier molecular flexibility index (Phi) is 4.87. The van der Waals surface area contributed by atoms with Crippen molar-refractivity contribution in [3.8, 4) is 5.75 Å². The van der Waals surface area contributed by atoms with E-state index >= 15 is 0 Å². The lowest BCUT2D eigenvalue weighted by atomic mass is 10.1. The summed E-state index contributed by atoms with van der Waals surface area (Å²) in [5.41, 5.74) is 2.67. The molecule has 24 heavy (non-hydrogen) atoms. The van der Waals surface area contributed by atoms with Gasteiger partial charge in [0.25, 0.3) is 0 Å². The van der Waals surface area contributed by atoms with Gasteiger partial charge in [-0.2, -0.15) is 5.10 Å². The van der Waals surface area contributed by atoms with Crippen LogP contribution in [0.25, 0.3) is 6.08 Å². The van der Waals surface area contributed by atoms with Gasteiger partial charge in [-0.25, -0.2) is 0 Å². The Balaban J connectivity index is 1.67. The number of allylic oxidation sites excluding steroid dienone is 1. The highest BCUT2D eigenvalue weighted by atomic mass is 16.5. The van der Waals surface area contributed by atoms with E-state index < -0.39 is 0 Å². The molecule has 0 aliphatic carbocycles. The molecule has 0 radical (unpaired) electrons. The number of hydrogen-bond acceptors (Lipinski definition) is 3. The number of methoxy groups -OCH3 is 1. The predicted molar refractivity (Wildman–Crippen MR) is 94.1 cm³/mol. The fourth-order valence-electron chi connectivity index (χ4n) is 2.37. The molecule has 0 amide bonds. The van der Waals surface area contributed by atoms with Crippen molar-refractivity contribution in [1.29, 1.82) is 0 Å². The highest BCUT2D eigenvalue weighted by molar-refractivity contribution is 6.07. The van der Waals surface area contributed by atoms with Crippen molar-refractivity contribution in [2.24, 2.45) is 0 Å². The number of aromatic nitrogens is 2. The van der Waals surface area contributed by atoms with Crippen LogP contribution in [-0.4, -0.2) is 22.7 Å². The van der Waals surface area contributed by atoms with Gasteiger partial charge in [0.2, 0.25) is 0 Å². The third kappa shape index (κ3) is 3.98. The summed E-state index contributed by atoms with van der Waals surface area (Å²) in [6.45, 7) is 0.707. The highest BCUT2D eigenvalue weighted by Gasteiger charge is 2.03. The average Bonchev–Trinajstić information content (AvgIpc) is 3.08. The van der Waals surface area contributed by atoms with E-state index in [1.807, 2.05) is 35.1 Å². The number of nitrogens with zero attached hydrogens (tertiary/aromatic N) is 2. The zero-order valence-electron chi connectivity index (χ0n) is 13.4. The Morgan fingerprint density at radius 2 is 2.00 bits per heavy atom. The Morgan fingerprint density at radius 1 is 1.17 bits per heavy atom. The first-order valence-electron chi connectivity index (χ1n) is 7.67. The van der Waals surface area contributed by atoms with Gasteiger partial charge in [-0.05, 0) is 29.8 Å². The van der Waals surface area contributed by atoms with E-state index in [2.05, 4.69) is 17.2 Å². The van der Waals surface area contributed by atoms with Gasteiger partial charge >= 0.3 is 0 Å². The molecule has 0 aliphatic rings. The molecule has 4 heteroatoms. The van der Waals surface area contributed by atoms with Crippen molar-refractivity contribution in [2.45, 2.75) is 6.54 Å². The van der Waals surface area contributed by atoms with Crippen molar-refractivity contribution in [2.75, 3.05) is 7.11 Å². The third-order valence-corrected chi connectivity index (χ3v) is 3.62. The second-order valence-electron chi connectivity index (χ2n) is 5.39. The lowest BCUT2D eigenvalue weighted by Crippen LogP contribution is -1.99. The van der Waals surface area contributed by atoms with Crippen molar-refractivity contribution in [1.82, 2.24) is 9.78 Å². The largest absolute Gasteiger partial charge is 0.497 e. The normalized spacial score (nSPS) is 10.9. The van der Waals surface area contributed by atoms with E-state index in [1.165, 1.54) is 5.56 Å². The summed E-state index contributed by atoms with van der Waals surface area (Å²) < 4.78 is 6.99. The summed E-state index contributed by atoms with van der Waals surface area (Å²) >= 11 is 0. The van der Waals surface area contributed by atoms with Crippen molar-refractivity contribution >= 4 is 11.9 Å². The summed E-state index contributed by atoms with van der Waals surface area (Å²) in [7, 11) is 1.58. The van der Waals surface area contributed by atoms with Gasteiger partial charge in [-0.3, -0.25) is 9.48 Å². The number of carbonyl (C=O) groups excluding carboxylic acids is 1. The van der Waals surface area contributed by atoms with Gasteiger partial charge < -0.3 is 4.74 Å². The zero-order valence-corrected chi connectivity index (χ0v) is 13.4. The Bertz CT molecular complexity index is 851. The van der Waals surface area contributed by atoms with Crippen LogP contribution in [0.1, 0.15) is 21.5 Å². The van der Waals surface area contributed by atoms with E-state index in [9.17, 15) is 4.79 Å². The number of carbonyl (C=O) groups is 1. The maximum Gasteiger partial charge on any atom is 0.185 e. The molecule has 0 atom stereocenters. The van der Waals surface area contributed by atoms with E-state index in [1.54, 1.807) is 43.7 Å². The fraction of sp³-hybridized carbons (Fsp3) is 0.100. The first kappa shape index (κ1) is 15.7. The lowest BCUT2D eigenvalue weighted by molar-refractivity contribution is 0.104. The molecule has 2 aromatic carbocycles. The van der Waals surface area contributed by atoms with Gasteiger partial charge in [-0.1, -0.05) is 42.5 Å². The van der Waals surface area contributed by atoms with Crippen LogP contribution in [0.5, 0.6) is 5.75 Å². The standard InChI is InChI=1S/C20H18N2O2/c1-24-19-9-5-8-18(12-19)20(23)11-10-17-13-21-22(15-17)14-16-6-3-2-4-7-16/h2-13,15H,14H2,1H3. The predicted octanol–water partition coefficient (Wildman–Crippen LogP) is 3.84. The van der Waals surface area contributed by atoms with Gasteiger partial charge in [0.05, 0.1) is 19.9 Å². The monoisotopic (exact) mass is 318 g/mol. The summed E-state index contributed by atoms with van der Waals surface area (Å²) in [5, 5.41) is 4.32. The zero-order chi connectivity index (χ0) is 16.8. The molecule has 0 saturated heterocycles. The molecule has 0 N–H and O–H groups in total. The maximum absolute atomic E-state index is 12.2. The van der Waals surface area contributed by atoms with E-state index in [0.29, 0.717) is 17.9 Å². The number of ketones is 1. The van der Waals surface area contributed by atoms with E-state index in [-0.39, 0.29) is 5.78 Å². The molecule has 0 spiro atoms. The van der Waals surface area contributed by atoms with E-state index in [0.717, 1.165) is 5.56 Å². The van der Waals surface area contributed by atoms with Gasteiger partial charge in [-0.15, -0.1) is 0 Å². The van der Waals surface area contributed by atoms with E-state index in [4.69, 9.17) is 4.74 Å². The Hall–Kier alpha value is -3.14. The summed E-state index contributed by atoms with van der Waals surface area (Å²) in [4.78, 5) is 12.2. The minimum Gasteiger partial charge on any atom is -0.497 e. The lowest BCUT2D eigenvalue weighted by Gasteiger charge is -2.01. The molecule has 0 fully saturated rings. The molecule has 3 rings (SSSR count). The average molecular weight is 318 g/mol.